The third kappa shape index (κ3) is 3.81. The monoisotopic (exact) mass is 466 g/mol. The zero-order valence-corrected chi connectivity index (χ0v) is 22.5. The van der Waals surface area contributed by atoms with Crippen LogP contribution in [-0.2, 0) is 0 Å². The van der Waals surface area contributed by atoms with E-state index in [-0.39, 0.29) is 10.8 Å². The summed E-state index contributed by atoms with van der Waals surface area (Å²) in [6.45, 7) is 14.6. The molecule has 32 heavy (non-hydrogen) atoms. The summed E-state index contributed by atoms with van der Waals surface area (Å²) in [6.07, 6.45) is 12.1. The molecule has 4 aliphatic rings. The van der Waals surface area contributed by atoms with Crippen molar-refractivity contribution in [2.45, 2.75) is 129 Å². The van der Waals surface area contributed by atoms with Gasteiger partial charge in [-0.25, -0.2) is 0 Å². The Labute approximate surface area is 203 Å². The topological polar surface area (TPSA) is 40.5 Å². The van der Waals surface area contributed by atoms with Gasteiger partial charge < -0.3 is 10.2 Å². The van der Waals surface area contributed by atoms with Gasteiger partial charge in [0.1, 0.15) is 0 Å². The van der Waals surface area contributed by atoms with E-state index >= 15 is 0 Å². The Morgan fingerprint density at radius 1 is 0.969 bits per heavy atom. The van der Waals surface area contributed by atoms with Crippen LogP contribution in [0.2, 0.25) is 0 Å². The molecule has 4 rings (SSSR count). The largest absolute Gasteiger partial charge is 0.393 e. The van der Waals surface area contributed by atoms with Crippen LogP contribution in [0.5, 0.6) is 0 Å². The Hall–Kier alpha value is 0.210. The van der Waals surface area contributed by atoms with Crippen LogP contribution in [-0.4, -0.2) is 27.3 Å². The number of halogens is 1. The first-order valence-corrected chi connectivity index (χ1v) is 14.5. The minimum absolute atomic E-state index is 0.141. The van der Waals surface area contributed by atoms with E-state index < -0.39 is 11.7 Å². The van der Waals surface area contributed by atoms with Gasteiger partial charge in [0.15, 0.2) is 0 Å². The molecule has 2 N–H and O–H groups in total. The fraction of sp³-hybridized carbons (Fsp3) is 1.00. The SMILES string of the molecule is CC[C@H](CC[C@@H](C)[C@H]1CC[C@H]2[C@@H]3CC(Cl)C4(O)CC(O)CC[C@]4(C)[C@H]3CC[C@]12C)C(C)C. The number of fused-ring (bicyclic) bond motifs is 5. The van der Waals surface area contributed by atoms with Crippen molar-refractivity contribution in [2.75, 3.05) is 0 Å². The van der Waals surface area contributed by atoms with Gasteiger partial charge in [-0.05, 0) is 98.2 Å². The van der Waals surface area contributed by atoms with Gasteiger partial charge in [0, 0.05) is 11.8 Å². The number of rotatable bonds is 6. The van der Waals surface area contributed by atoms with Gasteiger partial charge in [-0.15, -0.1) is 11.6 Å². The van der Waals surface area contributed by atoms with Crippen molar-refractivity contribution in [2.24, 2.45) is 52.3 Å². The van der Waals surface area contributed by atoms with Crippen molar-refractivity contribution in [3.05, 3.63) is 0 Å². The molecular formula is C29H51ClO2. The third-order valence-corrected chi connectivity index (χ3v) is 12.5. The zero-order valence-electron chi connectivity index (χ0n) is 21.7. The predicted octanol–water partition coefficient (Wildman–Crippen LogP) is 7.44. The first-order chi connectivity index (χ1) is 15.0. The number of hydrogen-bond donors (Lipinski definition) is 2. The lowest BCUT2D eigenvalue weighted by Crippen LogP contribution is -2.67. The molecule has 3 unspecified atom stereocenters. The lowest BCUT2D eigenvalue weighted by molar-refractivity contribution is -0.217. The van der Waals surface area contributed by atoms with Crippen LogP contribution in [0.4, 0.5) is 0 Å². The lowest BCUT2D eigenvalue weighted by Gasteiger charge is -2.65. The van der Waals surface area contributed by atoms with E-state index in [2.05, 4.69) is 41.5 Å². The zero-order chi connectivity index (χ0) is 23.5. The summed E-state index contributed by atoms with van der Waals surface area (Å²) >= 11 is 7.01. The molecule has 4 saturated carbocycles. The standard InChI is InChI=1S/C29H51ClO2/c1-7-20(18(2)3)9-8-19(4)23-10-11-24-22-16-26(30)29(32)17-21(31)12-15-28(29,6)25(22)13-14-27(23,24)5/h18-26,31-32H,7-17H2,1-6H3/t19-,20-,21?,22+,23-,24+,25+,26?,27-,28-,29?/m1/s1. The lowest BCUT2D eigenvalue weighted by atomic mass is 9.43. The van der Waals surface area contributed by atoms with E-state index in [0.717, 1.165) is 48.9 Å². The second kappa shape index (κ2) is 9.02. The molecule has 0 aromatic rings. The van der Waals surface area contributed by atoms with Crippen LogP contribution in [0.15, 0.2) is 0 Å². The van der Waals surface area contributed by atoms with Crippen molar-refractivity contribution in [1.29, 1.82) is 0 Å². The molecule has 0 amide bonds. The maximum atomic E-state index is 11.8. The third-order valence-electron chi connectivity index (χ3n) is 12.0. The minimum Gasteiger partial charge on any atom is -0.393 e. The molecule has 0 aromatic heterocycles. The first kappa shape index (κ1) is 25.3. The van der Waals surface area contributed by atoms with Crippen LogP contribution in [0.1, 0.15) is 112 Å². The number of aliphatic hydroxyl groups is 2. The fourth-order valence-corrected chi connectivity index (χ4v) is 10.4. The van der Waals surface area contributed by atoms with E-state index in [1.165, 1.54) is 44.9 Å². The van der Waals surface area contributed by atoms with Crippen LogP contribution in [0.25, 0.3) is 0 Å². The van der Waals surface area contributed by atoms with Gasteiger partial charge in [-0.3, -0.25) is 0 Å². The Kier molecular flexibility index (Phi) is 7.13. The summed E-state index contributed by atoms with van der Waals surface area (Å²) in [7, 11) is 0. The highest BCUT2D eigenvalue weighted by Gasteiger charge is 2.67. The number of alkyl halides is 1. The predicted molar refractivity (Wildman–Crippen MR) is 135 cm³/mol. The molecule has 4 aliphatic carbocycles. The van der Waals surface area contributed by atoms with Crippen LogP contribution >= 0.6 is 11.6 Å². The van der Waals surface area contributed by atoms with Crippen LogP contribution < -0.4 is 0 Å². The second-order valence-corrected chi connectivity index (χ2v) is 14.0. The smallest absolute Gasteiger partial charge is 0.0891 e. The normalized spacial score (nSPS) is 50.4. The molecular weight excluding hydrogens is 416 g/mol. The molecule has 186 valence electrons. The van der Waals surface area contributed by atoms with Crippen LogP contribution in [0.3, 0.4) is 0 Å². The molecule has 0 spiro atoms. The van der Waals surface area contributed by atoms with E-state index in [1.807, 2.05) is 0 Å². The molecule has 0 saturated heterocycles. The Morgan fingerprint density at radius 3 is 2.34 bits per heavy atom. The molecule has 0 aliphatic heterocycles. The Balaban J connectivity index is 1.51. The van der Waals surface area contributed by atoms with Crippen molar-refractivity contribution >= 4 is 11.6 Å². The molecule has 0 heterocycles. The minimum atomic E-state index is -0.904. The Bertz CT molecular complexity index is 666. The maximum absolute atomic E-state index is 11.8. The van der Waals surface area contributed by atoms with Gasteiger partial charge in [-0.2, -0.15) is 0 Å². The maximum Gasteiger partial charge on any atom is 0.0891 e. The Morgan fingerprint density at radius 2 is 1.69 bits per heavy atom. The highest BCUT2D eigenvalue weighted by Crippen LogP contribution is 2.69. The van der Waals surface area contributed by atoms with Crippen molar-refractivity contribution < 1.29 is 10.2 Å². The van der Waals surface area contributed by atoms with Gasteiger partial charge in [0.05, 0.1) is 17.1 Å². The molecule has 0 aromatic carbocycles. The average Bonchev–Trinajstić information content (AvgIpc) is 3.08. The molecule has 2 nitrogen and oxygen atoms in total. The van der Waals surface area contributed by atoms with Gasteiger partial charge >= 0.3 is 0 Å². The molecule has 4 fully saturated rings. The number of hydrogen-bond acceptors (Lipinski definition) is 2. The average molecular weight is 467 g/mol. The summed E-state index contributed by atoms with van der Waals surface area (Å²) in [6, 6.07) is 0. The molecule has 3 heteroatoms. The highest BCUT2D eigenvalue weighted by atomic mass is 35.5. The fourth-order valence-electron chi connectivity index (χ4n) is 9.87. The summed E-state index contributed by atoms with van der Waals surface area (Å²) in [5.41, 5.74) is -0.604. The highest BCUT2D eigenvalue weighted by molar-refractivity contribution is 6.21. The summed E-state index contributed by atoms with van der Waals surface area (Å²) < 4.78 is 0. The molecule has 11 atom stereocenters. The van der Waals surface area contributed by atoms with E-state index in [4.69, 9.17) is 11.6 Å². The van der Waals surface area contributed by atoms with Crippen LogP contribution in [0, 0.1) is 52.3 Å². The van der Waals surface area contributed by atoms with E-state index in [0.29, 0.717) is 23.7 Å². The summed E-state index contributed by atoms with van der Waals surface area (Å²) in [5, 5.41) is 21.9. The van der Waals surface area contributed by atoms with Crippen molar-refractivity contribution in [3.63, 3.8) is 0 Å². The first-order valence-electron chi connectivity index (χ1n) is 14.0. The quantitative estimate of drug-likeness (QED) is 0.399. The van der Waals surface area contributed by atoms with Crippen molar-refractivity contribution in [3.8, 4) is 0 Å². The summed E-state index contributed by atoms with van der Waals surface area (Å²) in [5.74, 6) is 5.28. The van der Waals surface area contributed by atoms with E-state index in [9.17, 15) is 10.2 Å². The van der Waals surface area contributed by atoms with Gasteiger partial charge in [-0.1, -0.05) is 54.4 Å². The number of aliphatic hydroxyl groups excluding tert-OH is 1. The van der Waals surface area contributed by atoms with Crippen molar-refractivity contribution in [1.82, 2.24) is 0 Å². The van der Waals surface area contributed by atoms with Gasteiger partial charge in [0.25, 0.3) is 0 Å². The summed E-state index contributed by atoms with van der Waals surface area (Å²) in [4.78, 5) is 0. The van der Waals surface area contributed by atoms with Gasteiger partial charge in [0.2, 0.25) is 0 Å². The second-order valence-electron chi connectivity index (χ2n) is 13.5. The molecule has 0 bridgehead atoms. The molecule has 0 radical (unpaired) electrons. The van der Waals surface area contributed by atoms with E-state index in [1.54, 1.807) is 0 Å².